The van der Waals surface area contributed by atoms with Gasteiger partial charge in [0.25, 0.3) is 5.91 Å². The molecule has 0 saturated carbocycles. The van der Waals surface area contributed by atoms with E-state index in [4.69, 9.17) is 0 Å². The number of piperazine rings is 1. The highest BCUT2D eigenvalue weighted by Crippen LogP contribution is 2.37. The number of benzene rings is 2. The monoisotopic (exact) mass is 615 g/mol. The Balaban J connectivity index is 1.70. The van der Waals surface area contributed by atoms with E-state index < -0.39 is 35.9 Å². The summed E-state index contributed by atoms with van der Waals surface area (Å²) in [5.41, 5.74) is -2.26. The maximum atomic E-state index is 13.5. The summed E-state index contributed by atoms with van der Waals surface area (Å²) in [6, 6.07) is 8.35. The number of carbonyl (C=O) groups is 1. The number of halogens is 7. The molecule has 39 heavy (non-hydrogen) atoms. The summed E-state index contributed by atoms with van der Waals surface area (Å²) < 4.78 is 80.5. The number of alkyl halides is 6. The number of amides is 1. The van der Waals surface area contributed by atoms with Crippen LogP contribution in [0.2, 0.25) is 0 Å². The second kappa shape index (κ2) is 11.1. The first-order valence-electron chi connectivity index (χ1n) is 11.8. The Hall–Kier alpha value is -3.19. The minimum atomic E-state index is -4.99. The summed E-state index contributed by atoms with van der Waals surface area (Å²) in [5.74, 6) is -0.239. The second-order valence-electron chi connectivity index (χ2n) is 9.28. The summed E-state index contributed by atoms with van der Waals surface area (Å²) in [7, 11) is 3.30. The fourth-order valence-electron chi connectivity index (χ4n) is 4.21. The highest BCUT2D eigenvalue weighted by molar-refractivity contribution is 9.10. The van der Waals surface area contributed by atoms with Crippen LogP contribution in [0.3, 0.4) is 0 Å². The summed E-state index contributed by atoms with van der Waals surface area (Å²) in [6.45, 7) is 2.45. The number of carbonyl (C=O) groups excluding carboxylic acids is 1. The molecule has 1 saturated heterocycles. The largest absolute Gasteiger partial charge is 0.416 e. The van der Waals surface area contributed by atoms with Crippen molar-refractivity contribution in [3.63, 3.8) is 0 Å². The Kier molecular flexibility index (Phi) is 8.22. The van der Waals surface area contributed by atoms with Crippen molar-refractivity contribution in [3.8, 4) is 11.3 Å². The highest BCUT2D eigenvalue weighted by Gasteiger charge is 2.37. The molecule has 0 bridgehead atoms. The standard InChI is InChI=1S/C26H24BrF6N5O/c1-36-7-9-38(10-8-36)24-34-14-20(22(35-24)19-5-3-4-6-21(19)27)23(39)37(2)15-16-11-17(25(28,29)30)13-18(12-16)26(31,32)33/h3-6,11-14H,7-10,15H2,1-2H3. The third-order valence-corrected chi connectivity index (χ3v) is 7.03. The van der Waals surface area contributed by atoms with Gasteiger partial charge in [-0.15, -0.1) is 0 Å². The van der Waals surface area contributed by atoms with Crippen molar-refractivity contribution in [1.29, 1.82) is 0 Å². The zero-order valence-electron chi connectivity index (χ0n) is 20.9. The van der Waals surface area contributed by atoms with Crippen molar-refractivity contribution in [2.75, 3.05) is 45.2 Å². The molecule has 4 rings (SSSR count). The average Bonchev–Trinajstić information content (AvgIpc) is 2.87. The van der Waals surface area contributed by atoms with Crippen molar-refractivity contribution in [2.45, 2.75) is 18.9 Å². The lowest BCUT2D eigenvalue weighted by molar-refractivity contribution is -0.143. The van der Waals surface area contributed by atoms with Gasteiger partial charge in [-0.3, -0.25) is 4.79 Å². The Bertz CT molecular complexity index is 1320. The normalized spacial score (nSPS) is 14.9. The molecular formula is C26H24BrF6N5O. The zero-order chi connectivity index (χ0) is 28.5. The number of aromatic nitrogens is 2. The fraction of sp³-hybridized carbons (Fsp3) is 0.346. The number of anilines is 1. The number of likely N-dealkylation sites (N-methyl/N-ethyl adjacent to an activating group) is 1. The molecule has 0 N–H and O–H groups in total. The summed E-state index contributed by atoms with van der Waals surface area (Å²) >= 11 is 3.47. The minimum absolute atomic E-state index is 0.0568. The third-order valence-electron chi connectivity index (χ3n) is 6.34. The van der Waals surface area contributed by atoms with Gasteiger partial charge in [-0.1, -0.05) is 34.1 Å². The lowest BCUT2D eigenvalue weighted by atomic mass is 10.0. The molecule has 0 radical (unpaired) electrons. The van der Waals surface area contributed by atoms with Crippen molar-refractivity contribution in [1.82, 2.24) is 19.8 Å². The number of rotatable bonds is 5. The molecular weight excluding hydrogens is 592 g/mol. The van der Waals surface area contributed by atoms with E-state index in [9.17, 15) is 31.1 Å². The van der Waals surface area contributed by atoms with E-state index >= 15 is 0 Å². The highest BCUT2D eigenvalue weighted by atomic mass is 79.9. The molecule has 2 heterocycles. The zero-order valence-corrected chi connectivity index (χ0v) is 22.5. The molecule has 13 heteroatoms. The van der Waals surface area contributed by atoms with Crippen LogP contribution in [0, 0.1) is 0 Å². The molecule has 0 spiro atoms. The van der Waals surface area contributed by atoms with Gasteiger partial charge in [-0.05, 0) is 36.9 Å². The van der Waals surface area contributed by atoms with Gasteiger partial charge < -0.3 is 14.7 Å². The van der Waals surface area contributed by atoms with Crippen LogP contribution < -0.4 is 4.90 Å². The molecule has 3 aromatic rings. The lowest BCUT2D eigenvalue weighted by Gasteiger charge is -2.32. The molecule has 1 fully saturated rings. The smallest absolute Gasteiger partial charge is 0.338 e. The maximum absolute atomic E-state index is 13.5. The quantitative estimate of drug-likeness (QED) is 0.331. The topological polar surface area (TPSA) is 52.6 Å². The van der Waals surface area contributed by atoms with Gasteiger partial charge in [0, 0.05) is 56.0 Å². The van der Waals surface area contributed by atoms with E-state index in [0.717, 1.165) is 18.0 Å². The van der Waals surface area contributed by atoms with E-state index in [-0.39, 0.29) is 17.2 Å². The molecule has 1 amide bonds. The minimum Gasteiger partial charge on any atom is -0.338 e. The van der Waals surface area contributed by atoms with Gasteiger partial charge in [0.05, 0.1) is 22.4 Å². The van der Waals surface area contributed by atoms with Crippen LogP contribution in [0.1, 0.15) is 27.0 Å². The molecule has 208 valence electrons. The van der Waals surface area contributed by atoms with E-state index in [1.54, 1.807) is 24.3 Å². The third kappa shape index (κ3) is 6.70. The van der Waals surface area contributed by atoms with E-state index in [0.29, 0.717) is 46.9 Å². The van der Waals surface area contributed by atoms with Crippen LogP contribution in [-0.2, 0) is 18.9 Å². The SMILES string of the molecule is CN1CCN(c2ncc(C(=O)N(C)Cc3cc(C(F)(F)F)cc(C(F)(F)F)c3)c(-c3ccccc3Br)n2)CC1. The van der Waals surface area contributed by atoms with Crippen LogP contribution in [0.15, 0.2) is 53.1 Å². The molecule has 0 unspecified atom stereocenters. The maximum Gasteiger partial charge on any atom is 0.416 e. The predicted octanol–water partition coefficient (Wildman–Crippen LogP) is 5.97. The first-order valence-corrected chi connectivity index (χ1v) is 12.6. The number of hydrogen-bond donors (Lipinski definition) is 0. The fourth-order valence-corrected chi connectivity index (χ4v) is 4.68. The van der Waals surface area contributed by atoms with Crippen LogP contribution in [0.25, 0.3) is 11.3 Å². The second-order valence-corrected chi connectivity index (χ2v) is 10.1. The van der Waals surface area contributed by atoms with Gasteiger partial charge in [-0.25, -0.2) is 9.97 Å². The molecule has 1 aliphatic heterocycles. The van der Waals surface area contributed by atoms with Gasteiger partial charge >= 0.3 is 12.4 Å². The molecule has 0 aliphatic carbocycles. The first kappa shape index (κ1) is 28.8. The van der Waals surface area contributed by atoms with E-state index in [1.807, 2.05) is 11.9 Å². The van der Waals surface area contributed by atoms with Gasteiger partial charge in [0.15, 0.2) is 0 Å². The number of nitrogens with zero attached hydrogens (tertiary/aromatic N) is 5. The molecule has 0 atom stereocenters. The van der Waals surface area contributed by atoms with Crippen LogP contribution in [-0.4, -0.2) is 65.9 Å². The van der Waals surface area contributed by atoms with E-state index in [1.165, 1.54) is 13.2 Å². The molecule has 1 aromatic heterocycles. The molecule has 6 nitrogen and oxygen atoms in total. The average molecular weight is 616 g/mol. The van der Waals surface area contributed by atoms with Crippen LogP contribution in [0.4, 0.5) is 32.3 Å². The van der Waals surface area contributed by atoms with Crippen LogP contribution >= 0.6 is 15.9 Å². The Morgan fingerprint density at radius 1 is 0.974 bits per heavy atom. The van der Waals surface area contributed by atoms with Gasteiger partial charge in [0.1, 0.15) is 0 Å². The Morgan fingerprint density at radius 2 is 1.56 bits per heavy atom. The molecule has 1 aliphatic rings. The van der Waals surface area contributed by atoms with Crippen molar-refractivity contribution >= 4 is 27.8 Å². The van der Waals surface area contributed by atoms with Crippen LogP contribution in [0.5, 0.6) is 0 Å². The van der Waals surface area contributed by atoms with Gasteiger partial charge in [-0.2, -0.15) is 26.3 Å². The van der Waals surface area contributed by atoms with Crippen molar-refractivity contribution < 1.29 is 31.1 Å². The Morgan fingerprint density at radius 3 is 2.13 bits per heavy atom. The summed E-state index contributed by atoms with van der Waals surface area (Å²) in [5, 5.41) is 0. The van der Waals surface area contributed by atoms with Gasteiger partial charge in [0.2, 0.25) is 5.95 Å². The predicted molar refractivity (Wildman–Crippen MR) is 137 cm³/mol. The van der Waals surface area contributed by atoms with Crippen molar-refractivity contribution in [3.05, 3.63) is 75.4 Å². The molecule has 2 aromatic carbocycles. The van der Waals surface area contributed by atoms with Crippen molar-refractivity contribution in [2.24, 2.45) is 0 Å². The lowest BCUT2D eigenvalue weighted by Crippen LogP contribution is -2.45. The Labute approximate surface area is 229 Å². The first-order chi connectivity index (χ1) is 18.2. The van der Waals surface area contributed by atoms with E-state index in [2.05, 4.69) is 30.8 Å². The number of hydrogen-bond acceptors (Lipinski definition) is 5. The summed E-state index contributed by atoms with van der Waals surface area (Å²) in [4.78, 5) is 27.8. The summed E-state index contributed by atoms with van der Waals surface area (Å²) in [6.07, 6.45) is -8.63.